The molecule has 0 bridgehead atoms. The summed E-state index contributed by atoms with van der Waals surface area (Å²) in [5.74, 6) is 0.206. The van der Waals surface area contributed by atoms with Crippen LogP contribution in [-0.2, 0) is 4.74 Å². The number of nitrogens with zero attached hydrogens (tertiary/aromatic N) is 1. The van der Waals surface area contributed by atoms with Crippen molar-refractivity contribution in [2.75, 3.05) is 6.61 Å². The van der Waals surface area contributed by atoms with E-state index in [1.165, 1.54) is 77.0 Å². The van der Waals surface area contributed by atoms with Gasteiger partial charge >= 0.3 is 5.97 Å². The van der Waals surface area contributed by atoms with Crippen molar-refractivity contribution < 1.29 is 9.53 Å². The summed E-state index contributed by atoms with van der Waals surface area (Å²) < 4.78 is 5.54. The summed E-state index contributed by atoms with van der Waals surface area (Å²) in [6, 6.07) is 5.35. The van der Waals surface area contributed by atoms with E-state index in [4.69, 9.17) is 4.74 Å². The van der Waals surface area contributed by atoms with Gasteiger partial charge in [0.25, 0.3) is 0 Å². The third kappa shape index (κ3) is 11.0. The molecule has 0 amide bonds. The molecule has 0 fully saturated rings. The van der Waals surface area contributed by atoms with Gasteiger partial charge in [0.15, 0.2) is 0 Å². The molecule has 1 aromatic rings. The Hall–Kier alpha value is -1.38. The lowest BCUT2D eigenvalue weighted by Gasteiger charge is -2.17. The fraction of sp³-hybridized carbons (Fsp3) is 0.727. The number of aromatic nitrogens is 1. The molecular weight excluding hydrogens is 310 g/mol. The van der Waals surface area contributed by atoms with E-state index >= 15 is 0 Å². The van der Waals surface area contributed by atoms with Crippen LogP contribution < -0.4 is 0 Å². The molecule has 0 aliphatic rings. The zero-order valence-corrected chi connectivity index (χ0v) is 16.3. The predicted molar refractivity (Wildman–Crippen MR) is 105 cm³/mol. The average molecular weight is 348 g/mol. The first-order valence-electron chi connectivity index (χ1n) is 10.4. The number of pyridine rings is 1. The third-order valence-corrected chi connectivity index (χ3v) is 4.76. The highest BCUT2D eigenvalue weighted by molar-refractivity contribution is 5.87. The zero-order chi connectivity index (χ0) is 18.2. The number of unbranched alkanes of at least 4 members (excludes halogenated alkanes) is 8. The minimum Gasteiger partial charge on any atom is -0.461 e. The fourth-order valence-corrected chi connectivity index (χ4v) is 3.14. The van der Waals surface area contributed by atoms with Crippen molar-refractivity contribution in [2.24, 2.45) is 5.92 Å². The Labute approximate surface area is 154 Å². The SMILES string of the molecule is CCCCCCCCC(CCCCCC)COC(=O)c1ccccn1. The van der Waals surface area contributed by atoms with Crippen LogP contribution in [0.4, 0.5) is 0 Å². The lowest BCUT2D eigenvalue weighted by atomic mass is 9.95. The molecule has 0 N–H and O–H groups in total. The molecule has 3 nitrogen and oxygen atoms in total. The lowest BCUT2D eigenvalue weighted by Crippen LogP contribution is -2.15. The van der Waals surface area contributed by atoms with Gasteiger partial charge in [0.2, 0.25) is 0 Å². The number of esters is 1. The summed E-state index contributed by atoms with van der Waals surface area (Å²) in [7, 11) is 0. The van der Waals surface area contributed by atoms with E-state index in [-0.39, 0.29) is 5.97 Å². The van der Waals surface area contributed by atoms with Gasteiger partial charge < -0.3 is 4.74 Å². The smallest absolute Gasteiger partial charge is 0.356 e. The van der Waals surface area contributed by atoms with E-state index in [9.17, 15) is 4.79 Å². The van der Waals surface area contributed by atoms with Crippen LogP contribution in [0.1, 0.15) is 101 Å². The molecule has 25 heavy (non-hydrogen) atoms. The largest absolute Gasteiger partial charge is 0.461 e. The van der Waals surface area contributed by atoms with Crippen LogP contribution in [0, 0.1) is 5.92 Å². The molecule has 1 rings (SSSR count). The number of carbonyl (C=O) groups is 1. The quantitative estimate of drug-likeness (QED) is 0.266. The first kappa shape index (κ1) is 21.7. The van der Waals surface area contributed by atoms with Gasteiger partial charge in [-0.2, -0.15) is 0 Å². The second-order valence-corrected chi connectivity index (χ2v) is 7.09. The van der Waals surface area contributed by atoms with Crippen LogP contribution >= 0.6 is 0 Å². The van der Waals surface area contributed by atoms with Gasteiger partial charge in [0.1, 0.15) is 5.69 Å². The first-order chi connectivity index (χ1) is 12.3. The van der Waals surface area contributed by atoms with Gasteiger partial charge in [0.05, 0.1) is 6.61 Å². The molecule has 1 unspecified atom stereocenters. The molecule has 0 radical (unpaired) electrons. The van der Waals surface area contributed by atoms with Crippen molar-refractivity contribution in [1.82, 2.24) is 4.98 Å². The van der Waals surface area contributed by atoms with Gasteiger partial charge in [-0.25, -0.2) is 9.78 Å². The van der Waals surface area contributed by atoms with Crippen molar-refractivity contribution >= 4 is 5.97 Å². The standard InChI is InChI=1S/C22H37NO2/c1-3-5-7-9-10-12-16-20(15-11-8-6-4-2)19-25-22(24)21-17-13-14-18-23-21/h13-14,17-18,20H,3-12,15-16,19H2,1-2H3. The van der Waals surface area contributed by atoms with Crippen LogP contribution in [0.3, 0.4) is 0 Å². The summed E-state index contributed by atoms with van der Waals surface area (Å²) in [4.78, 5) is 16.2. The Balaban J connectivity index is 2.32. The van der Waals surface area contributed by atoms with Gasteiger partial charge in [0, 0.05) is 6.20 Å². The van der Waals surface area contributed by atoms with Crippen molar-refractivity contribution in [3.63, 3.8) is 0 Å². The maximum absolute atomic E-state index is 12.1. The number of hydrogen-bond donors (Lipinski definition) is 0. The van der Waals surface area contributed by atoms with Crippen molar-refractivity contribution in [3.8, 4) is 0 Å². The molecule has 0 aromatic carbocycles. The minimum atomic E-state index is -0.290. The molecule has 0 saturated carbocycles. The predicted octanol–water partition coefficient (Wildman–Crippen LogP) is 6.58. The van der Waals surface area contributed by atoms with E-state index in [0.717, 1.165) is 0 Å². The highest BCUT2D eigenvalue weighted by Gasteiger charge is 2.14. The van der Waals surface area contributed by atoms with Crippen LogP contribution in [0.5, 0.6) is 0 Å². The normalized spacial score (nSPS) is 12.1. The monoisotopic (exact) mass is 347 g/mol. The Morgan fingerprint density at radius 1 is 0.920 bits per heavy atom. The summed E-state index contributed by atoms with van der Waals surface area (Å²) in [5, 5.41) is 0. The highest BCUT2D eigenvalue weighted by atomic mass is 16.5. The van der Waals surface area contributed by atoms with Crippen molar-refractivity contribution in [3.05, 3.63) is 30.1 Å². The second kappa shape index (κ2) is 14.9. The first-order valence-corrected chi connectivity index (χ1v) is 10.4. The van der Waals surface area contributed by atoms with E-state index in [1.807, 2.05) is 12.1 Å². The number of ether oxygens (including phenoxy) is 1. The van der Waals surface area contributed by atoms with Crippen molar-refractivity contribution in [2.45, 2.75) is 90.9 Å². The van der Waals surface area contributed by atoms with E-state index in [0.29, 0.717) is 18.2 Å². The summed E-state index contributed by atoms with van der Waals surface area (Å²) in [6.07, 6.45) is 17.0. The molecule has 3 heteroatoms. The molecule has 0 saturated heterocycles. The lowest BCUT2D eigenvalue weighted by molar-refractivity contribution is 0.0415. The molecular formula is C22H37NO2. The molecule has 1 heterocycles. The Kier molecular flexibility index (Phi) is 12.9. The number of hydrogen-bond acceptors (Lipinski definition) is 3. The zero-order valence-electron chi connectivity index (χ0n) is 16.3. The van der Waals surface area contributed by atoms with Crippen LogP contribution in [0.25, 0.3) is 0 Å². The molecule has 1 atom stereocenters. The molecule has 0 aliphatic carbocycles. The van der Waals surface area contributed by atoms with Crippen LogP contribution in [-0.4, -0.2) is 17.6 Å². The molecule has 1 aromatic heterocycles. The second-order valence-electron chi connectivity index (χ2n) is 7.09. The van der Waals surface area contributed by atoms with E-state index < -0.39 is 0 Å². The Bertz CT molecular complexity index is 433. The van der Waals surface area contributed by atoms with Crippen LogP contribution in [0.2, 0.25) is 0 Å². The van der Waals surface area contributed by atoms with Crippen LogP contribution in [0.15, 0.2) is 24.4 Å². The minimum absolute atomic E-state index is 0.290. The molecule has 142 valence electrons. The van der Waals surface area contributed by atoms with Gasteiger partial charge in [-0.15, -0.1) is 0 Å². The number of carbonyl (C=O) groups excluding carboxylic acids is 1. The molecule has 0 spiro atoms. The topological polar surface area (TPSA) is 39.2 Å². The van der Waals surface area contributed by atoms with E-state index in [1.54, 1.807) is 12.3 Å². The van der Waals surface area contributed by atoms with Gasteiger partial charge in [-0.1, -0.05) is 84.1 Å². The maximum Gasteiger partial charge on any atom is 0.356 e. The maximum atomic E-state index is 12.1. The third-order valence-electron chi connectivity index (χ3n) is 4.76. The Morgan fingerprint density at radius 2 is 1.52 bits per heavy atom. The van der Waals surface area contributed by atoms with Crippen molar-refractivity contribution in [1.29, 1.82) is 0 Å². The highest BCUT2D eigenvalue weighted by Crippen LogP contribution is 2.19. The van der Waals surface area contributed by atoms with Gasteiger partial charge in [-0.3, -0.25) is 0 Å². The average Bonchev–Trinajstić information content (AvgIpc) is 2.65. The summed E-state index contributed by atoms with van der Waals surface area (Å²) >= 11 is 0. The van der Waals surface area contributed by atoms with Gasteiger partial charge in [-0.05, 0) is 30.9 Å². The molecule has 0 aliphatic heterocycles. The summed E-state index contributed by atoms with van der Waals surface area (Å²) in [6.45, 7) is 5.03. The Morgan fingerprint density at radius 3 is 2.12 bits per heavy atom. The fourth-order valence-electron chi connectivity index (χ4n) is 3.14. The van der Waals surface area contributed by atoms with E-state index in [2.05, 4.69) is 18.8 Å². The summed E-state index contributed by atoms with van der Waals surface area (Å²) in [5.41, 5.74) is 0.409. The number of rotatable bonds is 15.